The Bertz CT molecular complexity index is 547. The second-order valence-corrected chi connectivity index (χ2v) is 3.54. The summed E-state index contributed by atoms with van der Waals surface area (Å²) in [6.07, 6.45) is 2.96. The molecule has 0 unspecified atom stereocenters. The highest BCUT2D eigenvalue weighted by atomic mass is 16.2. The van der Waals surface area contributed by atoms with Gasteiger partial charge >= 0.3 is 0 Å². The molecule has 6 nitrogen and oxygen atoms in total. The van der Waals surface area contributed by atoms with Crippen molar-refractivity contribution in [2.45, 2.75) is 0 Å². The predicted molar refractivity (Wildman–Crippen MR) is 69.4 cm³/mol. The fourth-order valence-electron chi connectivity index (χ4n) is 1.53. The molecule has 0 saturated heterocycles. The molecule has 3 N–H and O–H groups in total. The smallest absolute Gasteiger partial charge is 0.268 e. The first-order valence-electron chi connectivity index (χ1n) is 5.34. The summed E-state index contributed by atoms with van der Waals surface area (Å²) in [6, 6.07) is 9.09. The first kappa shape index (κ1) is 11.8. The average molecular weight is 243 g/mol. The van der Waals surface area contributed by atoms with E-state index in [4.69, 9.17) is 5.73 Å². The highest BCUT2D eigenvalue weighted by Crippen LogP contribution is 2.16. The lowest BCUT2D eigenvalue weighted by Crippen LogP contribution is -2.42. The van der Waals surface area contributed by atoms with Crippen LogP contribution in [0.5, 0.6) is 0 Å². The molecule has 2 aromatic rings. The molecule has 0 aliphatic heterocycles. The number of H-pyrrole nitrogens is 1. The number of para-hydroxylation sites is 1. The molecule has 0 aliphatic carbocycles. The van der Waals surface area contributed by atoms with Gasteiger partial charge in [-0.1, -0.05) is 18.2 Å². The van der Waals surface area contributed by atoms with Crippen molar-refractivity contribution in [3.8, 4) is 0 Å². The van der Waals surface area contributed by atoms with Crippen LogP contribution >= 0.6 is 0 Å². The number of anilines is 1. The lowest BCUT2D eigenvalue weighted by Gasteiger charge is -2.20. The molecule has 92 valence electrons. The summed E-state index contributed by atoms with van der Waals surface area (Å²) >= 11 is 0. The van der Waals surface area contributed by atoms with Crippen LogP contribution in [0.25, 0.3) is 0 Å². The molecule has 0 atom stereocenters. The number of benzene rings is 1. The molecular formula is C12H13N5O. The topological polar surface area (TPSA) is 87.4 Å². The van der Waals surface area contributed by atoms with Crippen LogP contribution in [0.15, 0.2) is 47.7 Å². The number of carbonyl (C=O) groups is 1. The summed E-state index contributed by atoms with van der Waals surface area (Å²) in [5.41, 5.74) is 6.86. The summed E-state index contributed by atoms with van der Waals surface area (Å²) in [5, 5.41) is 6.35. The number of hydrogen-bond acceptors (Lipinski definition) is 3. The van der Waals surface area contributed by atoms with Crippen molar-refractivity contribution in [3.63, 3.8) is 0 Å². The summed E-state index contributed by atoms with van der Waals surface area (Å²) in [4.78, 5) is 17.5. The highest BCUT2D eigenvalue weighted by Gasteiger charge is 2.21. The Balaban J connectivity index is 2.42. The molecule has 1 amide bonds. The highest BCUT2D eigenvalue weighted by molar-refractivity contribution is 6.21. The lowest BCUT2D eigenvalue weighted by atomic mass is 10.2. The van der Waals surface area contributed by atoms with Crippen molar-refractivity contribution < 1.29 is 4.79 Å². The van der Waals surface area contributed by atoms with Gasteiger partial charge in [-0.05, 0) is 12.1 Å². The maximum Gasteiger partial charge on any atom is 0.268 e. The van der Waals surface area contributed by atoms with Crippen molar-refractivity contribution in [2.24, 2.45) is 10.7 Å². The van der Waals surface area contributed by atoms with Crippen molar-refractivity contribution in [2.75, 3.05) is 11.9 Å². The molecule has 18 heavy (non-hydrogen) atoms. The average Bonchev–Trinajstić information content (AvgIpc) is 2.94. The predicted octanol–water partition coefficient (Wildman–Crippen LogP) is 1.00. The molecule has 0 spiro atoms. The minimum absolute atomic E-state index is 0.132. The summed E-state index contributed by atoms with van der Waals surface area (Å²) in [6.45, 7) is 0. The van der Waals surface area contributed by atoms with E-state index in [1.54, 1.807) is 12.1 Å². The Morgan fingerprint density at radius 3 is 2.67 bits per heavy atom. The molecule has 0 bridgehead atoms. The minimum Gasteiger partial charge on any atom is -0.369 e. The molecule has 1 aromatic heterocycles. The lowest BCUT2D eigenvalue weighted by molar-refractivity contribution is 0.100. The molecule has 2 rings (SSSR count). The monoisotopic (exact) mass is 243 g/mol. The number of aliphatic imine (C=N–C) groups is 1. The standard InChI is InChI=1S/C12H13N5O/c1-14-12(13)17(10-5-3-2-4-6-10)11(18)9-7-15-16-8-9/h2-8H,1H3,(H2,13,14)(H,15,16). The Morgan fingerprint density at radius 2 is 2.11 bits per heavy atom. The van der Waals surface area contributed by atoms with Gasteiger partial charge in [0.2, 0.25) is 5.96 Å². The largest absolute Gasteiger partial charge is 0.369 e. The Morgan fingerprint density at radius 1 is 1.39 bits per heavy atom. The zero-order chi connectivity index (χ0) is 13.0. The van der Waals surface area contributed by atoms with E-state index in [-0.39, 0.29) is 11.9 Å². The molecular weight excluding hydrogens is 230 g/mol. The second-order valence-electron chi connectivity index (χ2n) is 3.54. The van der Waals surface area contributed by atoms with E-state index >= 15 is 0 Å². The van der Waals surface area contributed by atoms with Crippen molar-refractivity contribution in [3.05, 3.63) is 48.3 Å². The molecule has 0 fully saturated rings. The number of carbonyl (C=O) groups excluding carboxylic acids is 1. The quantitative estimate of drug-likeness (QED) is 0.609. The van der Waals surface area contributed by atoms with Crippen LogP contribution in [0, 0.1) is 0 Å². The Kier molecular flexibility index (Phi) is 3.38. The molecule has 0 radical (unpaired) electrons. The third-order valence-corrected chi connectivity index (χ3v) is 2.42. The van der Waals surface area contributed by atoms with Crippen LogP contribution in [0.2, 0.25) is 0 Å². The maximum atomic E-state index is 12.3. The summed E-state index contributed by atoms with van der Waals surface area (Å²) in [7, 11) is 1.54. The van der Waals surface area contributed by atoms with Crippen LogP contribution in [-0.2, 0) is 0 Å². The molecule has 1 aromatic carbocycles. The third kappa shape index (κ3) is 2.22. The van der Waals surface area contributed by atoms with Crippen LogP contribution in [-0.4, -0.2) is 29.1 Å². The fourth-order valence-corrected chi connectivity index (χ4v) is 1.53. The van der Waals surface area contributed by atoms with E-state index in [0.717, 1.165) is 0 Å². The van der Waals surface area contributed by atoms with E-state index in [9.17, 15) is 4.79 Å². The summed E-state index contributed by atoms with van der Waals surface area (Å²) in [5.74, 6) is -0.148. The number of nitrogens with zero attached hydrogens (tertiary/aromatic N) is 3. The van der Waals surface area contributed by atoms with Crippen molar-refractivity contribution in [1.82, 2.24) is 10.2 Å². The molecule has 0 aliphatic rings. The van der Waals surface area contributed by atoms with E-state index < -0.39 is 0 Å². The second kappa shape index (κ2) is 5.13. The van der Waals surface area contributed by atoms with Gasteiger partial charge in [0.1, 0.15) is 0 Å². The minimum atomic E-state index is -0.280. The number of guanidine groups is 1. The number of amides is 1. The van der Waals surface area contributed by atoms with Gasteiger partial charge in [-0.2, -0.15) is 5.10 Å². The Labute approximate surface area is 104 Å². The van der Waals surface area contributed by atoms with Gasteiger partial charge in [0.25, 0.3) is 5.91 Å². The Hall–Kier alpha value is -2.63. The van der Waals surface area contributed by atoms with Crippen molar-refractivity contribution >= 4 is 17.6 Å². The van der Waals surface area contributed by atoms with E-state index in [0.29, 0.717) is 11.3 Å². The number of aromatic nitrogens is 2. The number of rotatable bonds is 2. The van der Waals surface area contributed by atoms with Crippen LogP contribution < -0.4 is 10.6 Å². The fraction of sp³-hybridized carbons (Fsp3) is 0.0833. The van der Waals surface area contributed by atoms with Crippen LogP contribution in [0.3, 0.4) is 0 Å². The van der Waals surface area contributed by atoms with E-state index in [1.165, 1.54) is 24.3 Å². The van der Waals surface area contributed by atoms with Crippen LogP contribution in [0.1, 0.15) is 10.4 Å². The van der Waals surface area contributed by atoms with E-state index in [1.807, 2.05) is 18.2 Å². The number of nitrogens with one attached hydrogen (secondary N) is 1. The normalized spacial score (nSPS) is 11.3. The summed E-state index contributed by atoms with van der Waals surface area (Å²) < 4.78 is 0. The number of hydrogen-bond donors (Lipinski definition) is 2. The molecule has 6 heteroatoms. The van der Waals surface area contributed by atoms with Gasteiger partial charge in [-0.15, -0.1) is 0 Å². The number of nitrogens with two attached hydrogens (primary N) is 1. The van der Waals surface area contributed by atoms with Gasteiger partial charge in [-0.3, -0.25) is 14.9 Å². The van der Waals surface area contributed by atoms with Crippen LogP contribution in [0.4, 0.5) is 5.69 Å². The van der Waals surface area contributed by atoms with Gasteiger partial charge in [0.05, 0.1) is 17.4 Å². The zero-order valence-corrected chi connectivity index (χ0v) is 9.87. The molecule has 1 heterocycles. The number of aromatic amines is 1. The van der Waals surface area contributed by atoms with Gasteiger partial charge in [-0.25, -0.2) is 4.90 Å². The third-order valence-electron chi connectivity index (χ3n) is 2.42. The van der Waals surface area contributed by atoms with E-state index in [2.05, 4.69) is 15.2 Å². The SMILES string of the molecule is CN=C(N)N(C(=O)c1cn[nH]c1)c1ccccc1. The zero-order valence-electron chi connectivity index (χ0n) is 9.87. The van der Waals surface area contributed by atoms with Crippen molar-refractivity contribution in [1.29, 1.82) is 0 Å². The first-order valence-corrected chi connectivity index (χ1v) is 5.34. The first-order chi connectivity index (χ1) is 8.74. The van der Waals surface area contributed by atoms with Gasteiger partial charge < -0.3 is 5.73 Å². The maximum absolute atomic E-state index is 12.3. The molecule has 0 saturated carbocycles. The van der Waals surface area contributed by atoms with Gasteiger partial charge in [0, 0.05) is 13.2 Å². The van der Waals surface area contributed by atoms with Gasteiger partial charge in [0.15, 0.2) is 0 Å².